The molecule has 0 unspecified atom stereocenters. The second-order valence-corrected chi connectivity index (χ2v) is 4.30. The molecule has 0 rings (SSSR count). The van der Waals surface area contributed by atoms with Crippen molar-refractivity contribution in [2.24, 2.45) is 11.1 Å². The molecule has 13 heavy (non-hydrogen) atoms. The van der Waals surface area contributed by atoms with Crippen LogP contribution in [0, 0.1) is 5.41 Å². The van der Waals surface area contributed by atoms with Gasteiger partial charge in [-0.1, -0.05) is 27.2 Å². The first-order valence-electron chi connectivity index (χ1n) is 5.28. The van der Waals surface area contributed by atoms with Gasteiger partial charge in [0, 0.05) is 11.8 Å². The van der Waals surface area contributed by atoms with E-state index in [-0.39, 0.29) is 5.41 Å². The van der Waals surface area contributed by atoms with Crippen molar-refractivity contribution in [2.45, 2.75) is 52.9 Å². The fourth-order valence-electron chi connectivity index (χ4n) is 1.53. The summed E-state index contributed by atoms with van der Waals surface area (Å²) in [5.41, 5.74) is 5.25. The molecule has 0 spiro atoms. The molecule has 2 heteroatoms. The zero-order chi connectivity index (χ0) is 10.3. The van der Waals surface area contributed by atoms with Gasteiger partial charge in [-0.3, -0.25) is 4.79 Å². The summed E-state index contributed by atoms with van der Waals surface area (Å²) in [6.45, 7) is 6.90. The maximum absolute atomic E-state index is 11.7. The van der Waals surface area contributed by atoms with E-state index in [0.717, 1.165) is 25.7 Å². The first-order chi connectivity index (χ1) is 6.04. The van der Waals surface area contributed by atoms with Gasteiger partial charge in [0.25, 0.3) is 0 Å². The average molecular weight is 185 g/mol. The van der Waals surface area contributed by atoms with E-state index >= 15 is 0 Å². The lowest BCUT2D eigenvalue weighted by Crippen LogP contribution is -2.23. The van der Waals surface area contributed by atoms with Crippen LogP contribution in [0.4, 0.5) is 0 Å². The lowest BCUT2D eigenvalue weighted by molar-refractivity contribution is -0.127. The number of hydrogen-bond acceptors (Lipinski definition) is 2. The molecule has 0 aromatic rings. The molecule has 0 aromatic carbocycles. The lowest BCUT2D eigenvalue weighted by atomic mass is 9.81. The summed E-state index contributed by atoms with van der Waals surface area (Å²) in [5.74, 6) is 0.391. The second kappa shape index (κ2) is 6.14. The van der Waals surface area contributed by atoms with Crippen molar-refractivity contribution in [3.63, 3.8) is 0 Å². The van der Waals surface area contributed by atoms with Crippen LogP contribution in [0.25, 0.3) is 0 Å². The van der Waals surface area contributed by atoms with Crippen LogP contribution in [-0.4, -0.2) is 12.3 Å². The van der Waals surface area contributed by atoms with Gasteiger partial charge < -0.3 is 5.73 Å². The van der Waals surface area contributed by atoms with Crippen LogP contribution < -0.4 is 5.73 Å². The predicted molar refractivity (Wildman–Crippen MR) is 56.6 cm³/mol. The monoisotopic (exact) mass is 185 g/mol. The summed E-state index contributed by atoms with van der Waals surface area (Å²) >= 11 is 0. The second-order valence-electron chi connectivity index (χ2n) is 4.30. The van der Waals surface area contributed by atoms with Crippen LogP contribution in [0.5, 0.6) is 0 Å². The summed E-state index contributed by atoms with van der Waals surface area (Å²) in [4.78, 5) is 11.7. The summed E-state index contributed by atoms with van der Waals surface area (Å²) in [6.07, 6.45) is 4.69. The van der Waals surface area contributed by atoms with Gasteiger partial charge >= 0.3 is 0 Å². The molecular formula is C11H23NO. The number of hydrogen-bond donors (Lipinski definition) is 1. The topological polar surface area (TPSA) is 43.1 Å². The number of nitrogens with two attached hydrogens (primary N) is 1. The molecule has 78 valence electrons. The van der Waals surface area contributed by atoms with Crippen LogP contribution in [0.15, 0.2) is 0 Å². The van der Waals surface area contributed by atoms with Gasteiger partial charge in [-0.05, 0) is 25.8 Å². The summed E-state index contributed by atoms with van der Waals surface area (Å²) in [5, 5.41) is 0. The Morgan fingerprint density at radius 3 is 2.38 bits per heavy atom. The minimum atomic E-state index is -0.122. The number of rotatable bonds is 7. The fraction of sp³-hybridized carbons (Fsp3) is 0.909. The largest absolute Gasteiger partial charge is 0.330 e. The Balaban J connectivity index is 3.80. The summed E-state index contributed by atoms with van der Waals surface area (Å²) < 4.78 is 0. The molecule has 0 aromatic heterocycles. The van der Waals surface area contributed by atoms with Gasteiger partial charge in [-0.2, -0.15) is 0 Å². The zero-order valence-corrected chi connectivity index (χ0v) is 9.23. The van der Waals surface area contributed by atoms with Crippen LogP contribution in [0.3, 0.4) is 0 Å². The van der Waals surface area contributed by atoms with Crippen molar-refractivity contribution in [1.82, 2.24) is 0 Å². The number of carbonyl (C=O) groups is 1. The molecule has 2 nitrogen and oxygen atoms in total. The molecule has 0 fully saturated rings. The molecule has 0 aliphatic heterocycles. The van der Waals surface area contributed by atoms with E-state index in [1.165, 1.54) is 0 Å². The Labute approximate surface area is 81.9 Å². The van der Waals surface area contributed by atoms with Crippen LogP contribution in [0.1, 0.15) is 52.9 Å². The van der Waals surface area contributed by atoms with Crippen LogP contribution in [-0.2, 0) is 4.79 Å². The Kier molecular flexibility index (Phi) is 5.97. The molecule has 0 amide bonds. The number of ketones is 1. The first kappa shape index (κ1) is 12.6. The Bertz CT molecular complexity index is 152. The van der Waals surface area contributed by atoms with Crippen molar-refractivity contribution >= 4 is 5.78 Å². The SMILES string of the molecule is CCCC(C)(C)C(=O)CCCCN. The van der Waals surface area contributed by atoms with Gasteiger partial charge in [-0.15, -0.1) is 0 Å². The van der Waals surface area contributed by atoms with E-state index in [1.54, 1.807) is 0 Å². The standard InChI is InChI=1S/C11H23NO/c1-4-8-11(2,3)10(13)7-5-6-9-12/h4-9,12H2,1-3H3. The molecule has 0 atom stereocenters. The smallest absolute Gasteiger partial charge is 0.138 e. The van der Waals surface area contributed by atoms with Crippen molar-refractivity contribution < 1.29 is 4.79 Å². The lowest BCUT2D eigenvalue weighted by Gasteiger charge is -2.22. The van der Waals surface area contributed by atoms with Crippen LogP contribution in [0.2, 0.25) is 0 Å². The van der Waals surface area contributed by atoms with E-state index in [0.29, 0.717) is 18.7 Å². The molecule has 0 aliphatic rings. The molecular weight excluding hydrogens is 162 g/mol. The highest BCUT2D eigenvalue weighted by Gasteiger charge is 2.24. The van der Waals surface area contributed by atoms with Crippen LogP contribution >= 0.6 is 0 Å². The molecule has 0 heterocycles. The maximum Gasteiger partial charge on any atom is 0.138 e. The third kappa shape index (κ3) is 5.04. The molecule has 0 aliphatic carbocycles. The van der Waals surface area contributed by atoms with E-state index < -0.39 is 0 Å². The summed E-state index contributed by atoms with van der Waals surface area (Å²) in [6, 6.07) is 0. The van der Waals surface area contributed by atoms with Gasteiger partial charge in [0.15, 0.2) is 0 Å². The maximum atomic E-state index is 11.7. The van der Waals surface area contributed by atoms with E-state index in [1.807, 2.05) is 13.8 Å². The van der Waals surface area contributed by atoms with Gasteiger partial charge in [0.2, 0.25) is 0 Å². The molecule has 0 bridgehead atoms. The quantitative estimate of drug-likeness (QED) is 0.619. The minimum Gasteiger partial charge on any atom is -0.330 e. The first-order valence-corrected chi connectivity index (χ1v) is 5.28. The highest BCUT2D eigenvalue weighted by Crippen LogP contribution is 2.25. The molecule has 0 saturated carbocycles. The molecule has 2 N–H and O–H groups in total. The van der Waals surface area contributed by atoms with E-state index in [9.17, 15) is 4.79 Å². The van der Waals surface area contributed by atoms with Gasteiger partial charge in [0.05, 0.1) is 0 Å². The van der Waals surface area contributed by atoms with Crippen molar-refractivity contribution in [3.05, 3.63) is 0 Å². The van der Waals surface area contributed by atoms with Crippen molar-refractivity contribution in [1.29, 1.82) is 0 Å². The molecule has 0 radical (unpaired) electrons. The van der Waals surface area contributed by atoms with E-state index in [4.69, 9.17) is 5.73 Å². The predicted octanol–water partition coefficient (Wildman–Crippen LogP) is 2.51. The normalized spacial score (nSPS) is 11.7. The highest BCUT2D eigenvalue weighted by molar-refractivity contribution is 5.83. The molecule has 0 saturated heterocycles. The van der Waals surface area contributed by atoms with Gasteiger partial charge in [-0.25, -0.2) is 0 Å². The number of Topliss-reactive ketones (excluding diaryl/α,β-unsaturated/α-hetero) is 1. The fourth-order valence-corrected chi connectivity index (χ4v) is 1.53. The average Bonchev–Trinajstić information content (AvgIpc) is 2.04. The van der Waals surface area contributed by atoms with Crippen molar-refractivity contribution in [3.8, 4) is 0 Å². The van der Waals surface area contributed by atoms with E-state index in [2.05, 4.69) is 6.92 Å². The third-order valence-electron chi connectivity index (χ3n) is 2.49. The Morgan fingerprint density at radius 2 is 1.92 bits per heavy atom. The van der Waals surface area contributed by atoms with Gasteiger partial charge in [0.1, 0.15) is 5.78 Å². The van der Waals surface area contributed by atoms with Crippen molar-refractivity contribution in [2.75, 3.05) is 6.54 Å². The third-order valence-corrected chi connectivity index (χ3v) is 2.49. The highest BCUT2D eigenvalue weighted by atomic mass is 16.1. The number of unbranched alkanes of at least 4 members (excludes halogenated alkanes) is 1. The summed E-state index contributed by atoms with van der Waals surface area (Å²) in [7, 11) is 0. The Morgan fingerprint density at radius 1 is 1.31 bits per heavy atom. The Hall–Kier alpha value is -0.370. The number of carbonyl (C=O) groups excluding carboxylic acids is 1. The zero-order valence-electron chi connectivity index (χ0n) is 9.23. The minimum absolute atomic E-state index is 0.122.